The van der Waals surface area contributed by atoms with Gasteiger partial charge in [0.2, 0.25) is 5.95 Å². The molecule has 24 heavy (non-hydrogen) atoms. The summed E-state index contributed by atoms with van der Waals surface area (Å²) >= 11 is 3.72. The van der Waals surface area contributed by atoms with E-state index in [-0.39, 0.29) is 5.82 Å². The van der Waals surface area contributed by atoms with Crippen LogP contribution >= 0.6 is 15.9 Å². The van der Waals surface area contributed by atoms with E-state index in [9.17, 15) is 4.39 Å². The van der Waals surface area contributed by atoms with Gasteiger partial charge >= 0.3 is 0 Å². The quantitative estimate of drug-likeness (QED) is 0.504. The molecule has 0 amide bonds. The zero-order valence-corrected chi connectivity index (χ0v) is 14.2. The van der Waals surface area contributed by atoms with E-state index in [1.165, 1.54) is 12.1 Å². The van der Waals surface area contributed by atoms with Crippen LogP contribution in [0.2, 0.25) is 0 Å². The van der Waals surface area contributed by atoms with Crippen molar-refractivity contribution in [3.8, 4) is 5.95 Å². The van der Waals surface area contributed by atoms with Crippen LogP contribution in [0, 0.1) is 5.82 Å². The molecule has 0 bridgehead atoms. The van der Waals surface area contributed by atoms with Gasteiger partial charge in [0.25, 0.3) is 0 Å². The van der Waals surface area contributed by atoms with E-state index in [2.05, 4.69) is 32.0 Å². The highest BCUT2D eigenvalue weighted by Gasteiger charge is 2.18. The molecule has 0 atom stereocenters. The number of rotatable bonds is 3. The monoisotopic (exact) mass is 381 g/mol. The molecule has 118 valence electrons. The number of para-hydroxylation sites is 1. The number of halogens is 2. The summed E-state index contributed by atoms with van der Waals surface area (Å²) in [6, 6.07) is 16.5. The van der Waals surface area contributed by atoms with Gasteiger partial charge < -0.3 is 0 Å². The number of hydrogen-bond acceptors (Lipinski definition) is 2. The molecule has 0 aliphatic rings. The minimum absolute atomic E-state index is 0.232. The number of nitrogens with zero attached hydrogens (tertiary/aromatic N) is 3. The first-order chi connectivity index (χ1) is 11.7. The van der Waals surface area contributed by atoms with Gasteiger partial charge in [0.15, 0.2) is 0 Å². The lowest BCUT2D eigenvalue weighted by Gasteiger charge is -2.09. The topological polar surface area (TPSA) is 30.7 Å². The molecule has 0 unspecified atom stereocenters. The molecule has 2 heterocycles. The first-order valence-corrected chi connectivity index (χ1v) is 8.33. The van der Waals surface area contributed by atoms with Crippen LogP contribution in [0.3, 0.4) is 0 Å². The smallest absolute Gasteiger partial charge is 0.234 e. The van der Waals surface area contributed by atoms with Crippen LogP contribution in [-0.4, -0.2) is 14.5 Å². The molecule has 0 fully saturated rings. The molecule has 0 radical (unpaired) electrons. The van der Waals surface area contributed by atoms with Gasteiger partial charge in [-0.25, -0.2) is 14.4 Å². The minimum Gasteiger partial charge on any atom is -0.281 e. The Balaban J connectivity index is 1.93. The van der Waals surface area contributed by atoms with Crippen LogP contribution in [0.5, 0.6) is 0 Å². The lowest BCUT2D eigenvalue weighted by atomic mass is 10.1. The molecule has 3 nitrogen and oxygen atoms in total. The average molecular weight is 382 g/mol. The van der Waals surface area contributed by atoms with E-state index in [0.717, 1.165) is 26.6 Å². The Morgan fingerprint density at radius 3 is 2.38 bits per heavy atom. The second kappa shape index (κ2) is 6.17. The Labute approximate surface area is 146 Å². The third-order valence-electron chi connectivity index (χ3n) is 3.94. The van der Waals surface area contributed by atoms with Gasteiger partial charge in [0.05, 0.1) is 5.52 Å². The van der Waals surface area contributed by atoms with E-state index in [4.69, 9.17) is 0 Å². The summed E-state index contributed by atoms with van der Waals surface area (Å²) < 4.78 is 16.2. The van der Waals surface area contributed by atoms with Gasteiger partial charge in [-0.05, 0) is 45.8 Å². The van der Waals surface area contributed by atoms with Crippen LogP contribution < -0.4 is 0 Å². The Kier molecular flexibility index (Phi) is 3.86. The van der Waals surface area contributed by atoms with E-state index in [1.807, 2.05) is 22.8 Å². The van der Waals surface area contributed by atoms with Gasteiger partial charge in [-0.15, -0.1) is 0 Å². The maximum atomic E-state index is 13.2. The molecule has 0 N–H and O–H groups in total. The lowest BCUT2D eigenvalue weighted by Crippen LogP contribution is -2.05. The van der Waals surface area contributed by atoms with Crippen LogP contribution in [0.15, 0.2) is 71.5 Å². The van der Waals surface area contributed by atoms with Gasteiger partial charge in [-0.2, -0.15) is 0 Å². The normalized spacial score (nSPS) is 11.1. The third kappa shape index (κ3) is 2.61. The highest BCUT2D eigenvalue weighted by atomic mass is 79.9. The number of fused-ring (bicyclic) bond motifs is 1. The largest absolute Gasteiger partial charge is 0.281 e. The van der Waals surface area contributed by atoms with E-state index in [1.54, 1.807) is 30.6 Å². The second-order valence-electron chi connectivity index (χ2n) is 5.47. The van der Waals surface area contributed by atoms with E-state index >= 15 is 0 Å². The standard InChI is InChI=1S/C19H13BrFN3/c20-18-15-4-1-2-5-16(15)24(19-22-10-3-11-23-19)17(18)12-13-6-8-14(21)9-7-13/h1-11H,12H2. The molecule has 4 aromatic rings. The molecule has 0 saturated carbocycles. The zero-order valence-electron chi connectivity index (χ0n) is 12.7. The van der Waals surface area contributed by atoms with Crippen LogP contribution in [-0.2, 0) is 6.42 Å². The van der Waals surface area contributed by atoms with E-state index in [0.29, 0.717) is 12.4 Å². The number of hydrogen-bond donors (Lipinski definition) is 0. The summed E-state index contributed by atoms with van der Waals surface area (Å²) in [5.41, 5.74) is 3.10. The van der Waals surface area contributed by atoms with Crippen molar-refractivity contribution in [1.82, 2.24) is 14.5 Å². The molecule has 2 aromatic heterocycles. The molecule has 5 heteroatoms. The fourth-order valence-electron chi connectivity index (χ4n) is 2.84. The predicted octanol–water partition coefficient (Wildman–Crippen LogP) is 4.91. The van der Waals surface area contributed by atoms with Crippen molar-refractivity contribution < 1.29 is 4.39 Å². The first kappa shape index (κ1) is 15.0. The Morgan fingerprint density at radius 2 is 1.62 bits per heavy atom. The highest BCUT2D eigenvalue weighted by molar-refractivity contribution is 9.10. The molecule has 2 aromatic carbocycles. The molecular formula is C19H13BrFN3. The summed E-state index contributed by atoms with van der Waals surface area (Å²) in [7, 11) is 0. The maximum absolute atomic E-state index is 13.2. The molecule has 0 aliphatic heterocycles. The van der Waals surface area contributed by atoms with Crippen molar-refractivity contribution in [3.63, 3.8) is 0 Å². The summed E-state index contributed by atoms with van der Waals surface area (Å²) in [6.07, 6.45) is 4.10. The average Bonchev–Trinajstić information content (AvgIpc) is 2.90. The molecule has 0 spiro atoms. The first-order valence-electron chi connectivity index (χ1n) is 7.53. The number of aromatic nitrogens is 3. The summed E-state index contributed by atoms with van der Waals surface area (Å²) in [5.74, 6) is 0.390. The summed E-state index contributed by atoms with van der Waals surface area (Å²) in [6.45, 7) is 0. The summed E-state index contributed by atoms with van der Waals surface area (Å²) in [5, 5.41) is 1.10. The predicted molar refractivity (Wildman–Crippen MR) is 95.8 cm³/mol. The summed E-state index contributed by atoms with van der Waals surface area (Å²) in [4.78, 5) is 8.80. The fourth-order valence-corrected chi connectivity index (χ4v) is 3.49. The third-order valence-corrected chi connectivity index (χ3v) is 4.83. The lowest BCUT2D eigenvalue weighted by molar-refractivity contribution is 0.627. The van der Waals surface area contributed by atoms with Gasteiger partial charge in [0, 0.05) is 34.4 Å². The molecule has 4 rings (SSSR count). The molecular weight excluding hydrogens is 369 g/mol. The Bertz CT molecular complexity index is 994. The highest BCUT2D eigenvalue weighted by Crippen LogP contribution is 2.34. The van der Waals surface area contributed by atoms with Crippen molar-refractivity contribution in [3.05, 3.63) is 88.5 Å². The van der Waals surface area contributed by atoms with Crippen LogP contribution in [0.1, 0.15) is 11.3 Å². The van der Waals surface area contributed by atoms with Crippen molar-refractivity contribution >= 4 is 26.8 Å². The van der Waals surface area contributed by atoms with E-state index < -0.39 is 0 Å². The van der Waals surface area contributed by atoms with Crippen LogP contribution in [0.25, 0.3) is 16.9 Å². The van der Waals surface area contributed by atoms with Crippen molar-refractivity contribution in [2.24, 2.45) is 0 Å². The minimum atomic E-state index is -0.232. The van der Waals surface area contributed by atoms with Crippen molar-refractivity contribution in [2.75, 3.05) is 0 Å². The SMILES string of the molecule is Fc1ccc(Cc2c(Br)c3ccccc3n2-c2ncccn2)cc1. The van der Waals surface area contributed by atoms with Gasteiger partial charge in [0.1, 0.15) is 5.82 Å². The molecule has 0 saturated heterocycles. The van der Waals surface area contributed by atoms with Crippen molar-refractivity contribution in [2.45, 2.75) is 6.42 Å². The van der Waals surface area contributed by atoms with Gasteiger partial charge in [-0.1, -0.05) is 30.3 Å². The fraction of sp³-hybridized carbons (Fsp3) is 0.0526. The van der Waals surface area contributed by atoms with Gasteiger partial charge in [-0.3, -0.25) is 4.57 Å². The van der Waals surface area contributed by atoms with Crippen molar-refractivity contribution in [1.29, 1.82) is 0 Å². The number of benzene rings is 2. The van der Waals surface area contributed by atoms with Crippen LogP contribution in [0.4, 0.5) is 4.39 Å². The maximum Gasteiger partial charge on any atom is 0.234 e. The zero-order chi connectivity index (χ0) is 16.5. The second-order valence-corrected chi connectivity index (χ2v) is 6.26. The Morgan fingerprint density at radius 1 is 0.917 bits per heavy atom. The molecule has 0 aliphatic carbocycles. The Hall–Kier alpha value is -2.53.